The van der Waals surface area contributed by atoms with E-state index in [2.05, 4.69) is 31.3 Å². The molecule has 1 aromatic rings. The summed E-state index contributed by atoms with van der Waals surface area (Å²) < 4.78 is 0. The highest BCUT2D eigenvalue weighted by molar-refractivity contribution is 5.99. The molecule has 0 radical (unpaired) electrons. The third-order valence-corrected chi connectivity index (χ3v) is 4.73. The van der Waals surface area contributed by atoms with Crippen LogP contribution in [0.2, 0.25) is 0 Å². The summed E-state index contributed by atoms with van der Waals surface area (Å²) in [4.78, 5) is 23.6. The van der Waals surface area contributed by atoms with Crippen molar-refractivity contribution in [3.8, 4) is 0 Å². The summed E-state index contributed by atoms with van der Waals surface area (Å²) in [5.74, 6) is -0.267. The maximum Gasteiger partial charge on any atom is 0.227 e. The minimum absolute atomic E-state index is 0.124. The fourth-order valence-corrected chi connectivity index (χ4v) is 3.65. The zero-order chi connectivity index (χ0) is 13.7. The van der Waals surface area contributed by atoms with Crippen LogP contribution in [0.25, 0.3) is 0 Å². The van der Waals surface area contributed by atoms with Crippen LogP contribution >= 0.6 is 0 Å². The van der Waals surface area contributed by atoms with Crippen LogP contribution in [0.4, 0.5) is 0 Å². The minimum Gasteiger partial charge on any atom is -0.296 e. The zero-order valence-electron chi connectivity index (χ0n) is 11.5. The number of carbonyl (C=O) groups excluding carboxylic acids is 2. The van der Waals surface area contributed by atoms with Crippen molar-refractivity contribution in [3.63, 3.8) is 0 Å². The quantitative estimate of drug-likeness (QED) is 0.726. The normalized spacial score (nSPS) is 23.9. The number of benzene rings is 1. The molecule has 0 unspecified atom stereocenters. The predicted molar refractivity (Wildman–Crippen MR) is 72.8 cm³/mol. The van der Waals surface area contributed by atoms with Gasteiger partial charge in [-0.3, -0.25) is 14.9 Å². The number of amides is 2. The number of imide groups is 1. The second kappa shape index (κ2) is 3.92. The molecule has 1 N–H and O–H groups in total. The van der Waals surface area contributed by atoms with Gasteiger partial charge in [0.15, 0.2) is 0 Å². The SMILES string of the molecule is CC1(C)CCC2(CC(=O)NC(=O)C2)c2ccccc21. The summed E-state index contributed by atoms with van der Waals surface area (Å²) in [5.41, 5.74) is 2.35. The van der Waals surface area contributed by atoms with Gasteiger partial charge >= 0.3 is 0 Å². The van der Waals surface area contributed by atoms with Crippen molar-refractivity contribution in [1.82, 2.24) is 5.32 Å². The Morgan fingerprint density at radius 2 is 1.53 bits per heavy atom. The molecule has 1 aliphatic heterocycles. The highest BCUT2D eigenvalue weighted by Crippen LogP contribution is 2.50. The predicted octanol–water partition coefficient (Wildman–Crippen LogP) is 2.43. The van der Waals surface area contributed by atoms with E-state index in [1.165, 1.54) is 11.1 Å². The number of hydrogen-bond donors (Lipinski definition) is 1. The Kier molecular flexibility index (Phi) is 2.56. The highest BCUT2D eigenvalue weighted by Gasteiger charge is 2.47. The van der Waals surface area contributed by atoms with Gasteiger partial charge < -0.3 is 0 Å². The van der Waals surface area contributed by atoms with Crippen molar-refractivity contribution in [3.05, 3.63) is 35.4 Å². The van der Waals surface area contributed by atoms with E-state index >= 15 is 0 Å². The summed E-state index contributed by atoms with van der Waals surface area (Å²) >= 11 is 0. The van der Waals surface area contributed by atoms with Gasteiger partial charge in [0.2, 0.25) is 11.8 Å². The molecule has 0 aromatic heterocycles. The molecule has 3 nitrogen and oxygen atoms in total. The van der Waals surface area contributed by atoms with Crippen LogP contribution in [0.1, 0.15) is 50.7 Å². The molecule has 1 spiro atoms. The van der Waals surface area contributed by atoms with E-state index in [0.29, 0.717) is 12.8 Å². The summed E-state index contributed by atoms with van der Waals surface area (Å²) in [7, 11) is 0. The fraction of sp³-hybridized carbons (Fsp3) is 0.500. The fourth-order valence-electron chi connectivity index (χ4n) is 3.65. The molecule has 0 bridgehead atoms. The van der Waals surface area contributed by atoms with E-state index in [0.717, 1.165) is 12.8 Å². The van der Waals surface area contributed by atoms with Crippen molar-refractivity contribution in [1.29, 1.82) is 0 Å². The summed E-state index contributed by atoms with van der Waals surface area (Å²) in [6.45, 7) is 4.48. The minimum atomic E-state index is -0.272. The van der Waals surface area contributed by atoms with E-state index in [4.69, 9.17) is 0 Å². The first-order valence-electron chi connectivity index (χ1n) is 6.86. The Balaban J connectivity index is 2.14. The van der Waals surface area contributed by atoms with Gasteiger partial charge in [-0.15, -0.1) is 0 Å². The van der Waals surface area contributed by atoms with Crippen molar-refractivity contribution in [2.75, 3.05) is 0 Å². The molecule has 1 aromatic carbocycles. The third kappa shape index (κ3) is 1.88. The van der Waals surface area contributed by atoms with E-state index < -0.39 is 0 Å². The summed E-state index contributed by atoms with van der Waals surface area (Å²) in [5, 5.41) is 2.42. The average molecular weight is 257 g/mol. The molecule has 1 heterocycles. The van der Waals surface area contributed by atoms with Crippen LogP contribution in [-0.4, -0.2) is 11.8 Å². The Hall–Kier alpha value is -1.64. The lowest BCUT2D eigenvalue weighted by atomic mass is 9.58. The Morgan fingerprint density at radius 3 is 2.16 bits per heavy atom. The standard InChI is InChI=1S/C16H19NO2/c1-15(2)7-8-16(9-13(18)17-14(19)10-16)12-6-4-3-5-11(12)15/h3-6H,7-10H2,1-2H3,(H,17,18,19). The van der Waals surface area contributed by atoms with Gasteiger partial charge in [0, 0.05) is 18.3 Å². The van der Waals surface area contributed by atoms with Crippen LogP contribution in [0.15, 0.2) is 24.3 Å². The lowest BCUT2D eigenvalue weighted by Crippen LogP contribution is -2.50. The van der Waals surface area contributed by atoms with Gasteiger partial charge in [0.05, 0.1) is 0 Å². The third-order valence-electron chi connectivity index (χ3n) is 4.73. The smallest absolute Gasteiger partial charge is 0.227 e. The molecular weight excluding hydrogens is 238 g/mol. The van der Waals surface area contributed by atoms with Gasteiger partial charge in [-0.05, 0) is 29.4 Å². The van der Waals surface area contributed by atoms with E-state index in [9.17, 15) is 9.59 Å². The van der Waals surface area contributed by atoms with Crippen LogP contribution in [0, 0.1) is 0 Å². The molecular formula is C16H19NO2. The Bertz CT molecular complexity index is 544. The van der Waals surface area contributed by atoms with Gasteiger partial charge in [-0.25, -0.2) is 0 Å². The zero-order valence-corrected chi connectivity index (χ0v) is 11.5. The molecule has 3 heteroatoms. The van der Waals surface area contributed by atoms with Crippen LogP contribution in [0.5, 0.6) is 0 Å². The van der Waals surface area contributed by atoms with Crippen molar-refractivity contribution in [2.45, 2.75) is 50.4 Å². The first-order valence-corrected chi connectivity index (χ1v) is 6.86. The average Bonchev–Trinajstić information content (AvgIpc) is 2.34. The topological polar surface area (TPSA) is 46.2 Å². The van der Waals surface area contributed by atoms with Gasteiger partial charge in [0.25, 0.3) is 0 Å². The van der Waals surface area contributed by atoms with E-state index in [1.54, 1.807) is 0 Å². The maximum atomic E-state index is 11.8. The van der Waals surface area contributed by atoms with Gasteiger partial charge in [-0.1, -0.05) is 38.1 Å². The van der Waals surface area contributed by atoms with Crippen molar-refractivity contribution >= 4 is 11.8 Å². The number of nitrogens with one attached hydrogen (secondary N) is 1. The van der Waals surface area contributed by atoms with Gasteiger partial charge in [-0.2, -0.15) is 0 Å². The molecule has 0 atom stereocenters. The molecule has 2 aliphatic rings. The molecule has 100 valence electrons. The second-order valence-electron chi connectivity index (χ2n) is 6.53. The monoisotopic (exact) mass is 257 g/mol. The van der Waals surface area contributed by atoms with E-state index in [-0.39, 0.29) is 22.6 Å². The number of rotatable bonds is 0. The van der Waals surface area contributed by atoms with Crippen molar-refractivity contribution < 1.29 is 9.59 Å². The molecule has 1 aliphatic carbocycles. The summed E-state index contributed by atoms with van der Waals surface area (Å²) in [6.07, 6.45) is 2.80. The largest absolute Gasteiger partial charge is 0.296 e. The summed E-state index contributed by atoms with van der Waals surface area (Å²) in [6, 6.07) is 8.30. The van der Waals surface area contributed by atoms with Crippen molar-refractivity contribution in [2.24, 2.45) is 0 Å². The first-order chi connectivity index (χ1) is 8.93. The first kappa shape index (κ1) is 12.4. The van der Waals surface area contributed by atoms with Gasteiger partial charge in [0.1, 0.15) is 0 Å². The van der Waals surface area contributed by atoms with E-state index in [1.807, 2.05) is 12.1 Å². The lowest BCUT2D eigenvalue weighted by Gasteiger charge is -2.46. The Morgan fingerprint density at radius 1 is 0.947 bits per heavy atom. The van der Waals surface area contributed by atoms with Crippen LogP contribution < -0.4 is 5.32 Å². The number of fused-ring (bicyclic) bond motifs is 2. The number of piperidine rings is 1. The molecule has 1 saturated heterocycles. The lowest BCUT2D eigenvalue weighted by molar-refractivity contribution is -0.136. The number of hydrogen-bond acceptors (Lipinski definition) is 2. The van der Waals surface area contributed by atoms with Crippen LogP contribution in [0.3, 0.4) is 0 Å². The molecule has 3 rings (SSSR count). The molecule has 1 fully saturated rings. The Labute approximate surface area is 113 Å². The molecule has 19 heavy (non-hydrogen) atoms. The second-order valence-corrected chi connectivity index (χ2v) is 6.53. The maximum absolute atomic E-state index is 11.8. The molecule has 0 saturated carbocycles. The number of carbonyl (C=O) groups is 2. The highest BCUT2D eigenvalue weighted by atomic mass is 16.2. The van der Waals surface area contributed by atoms with Crippen LogP contribution in [-0.2, 0) is 20.4 Å². The molecule has 2 amide bonds.